The van der Waals surface area contributed by atoms with E-state index in [1.807, 2.05) is 36.4 Å². The second kappa shape index (κ2) is 9.91. The number of hydrogen-bond donors (Lipinski definition) is 3. The summed E-state index contributed by atoms with van der Waals surface area (Å²) in [4.78, 5) is 25.6. The first-order valence-electron chi connectivity index (χ1n) is 9.32. The molecule has 0 spiro atoms. The van der Waals surface area contributed by atoms with Gasteiger partial charge in [-0.1, -0.05) is 12.1 Å². The number of quaternary nitrogens is 1. The van der Waals surface area contributed by atoms with E-state index in [4.69, 9.17) is 13.9 Å². The van der Waals surface area contributed by atoms with Crippen LogP contribution in [0.2, 0.25) is 0 Å². The fourth-order valence-corrected chi connectivity index (χ4v) is 3.24. The Morgan fingerprint density at radius 2 is 1.93 bits per heavy atom. The molecular formula is C20H26N3O5+. The predicted octanol–water partition coefficient (Wildman–Crippen LogP) is -0.323. The number of furan rings is 1. The van der Waals surface area contributed by atoms with Gasteiger partial charge in [-0.2, -0.15) is 0 Å². The molecule has 8 nitrogen and oxygen atoms in total. The highest BCUT2D eigenvalue weighted by Gasteiger charge is 2.29. The van der Waals surface area contributed by atoms with Crippen molar-refractivity contribution in [3.63, 3.8) is 0 Å². The summed E-state index contributed by atoms with van der Waals surface area (Å²) in [5.41, 5.74) is 0.853. The highest BCUT2D eigenvalue weighted by molar-refractivity contribution is 6.35. The molecule has 3 N–H and O–H groups in total. The van der Waals surface area contributed by atoms with Crippen LogP contribution >= 0.6 is 0 Å². The topological polar surface area (TPSA) is 94.2 Å². The van der Waals surface area contributed by atoms with Crippen LogP contribution in [0.1, 0.15) is 17.4 Å². The standard InChI is InChI=1S/C20H25N3O5/c1-26-16-5-2-4-15(12-16)13-21-19(24)20(25)22-14-17(18-6-3-9-28-18)23-7-10-27-11-8-23/h2-6,9,12,17H,7-8,10-11,13-14H2,1H3,(H,21,24)(H,22,25)/p+1/t17-/m1/s1. The summed E-state index contributed by atoms with van der Waals surface area (Å²) in [6, 6.07) is 11.0. The maximum absolute atomic E-state index is 12.2. The Labute approximate surface area is 163 Å². The van der Waals surface area contributed by atoms with E-state index in [2.05, 4.69) is 10.6 Å². The van der Waals surface area contributed by atoms with Crippen LogP contribution in [0.3, 0.4) is 0 Å². The monoisotopic (exact) mass is 388 g/mol. The number of rotatable bonds is 7. The Hall–Kier alpha value is -2.84. The van der Waals surface area contributed by atoms with Crippen molar-refractivity contribution in [2.24, 2.45) is 0 Å². The molecule has 1 saturated heterocycles. The zero-order chi connectivity index (χ0) is 19.8. The van der Waals surface area contributed by atoms with E-state index in [0.29, 0.717) is 25.5 Å². The number of carbonyl (C=O) groups is 2. The molecule has 1 aromatic heterocycles. The van der Waals surface area contributed by atoms with E-state index in [-0.39, 0.29) is 12.6 Å². The maximum Gasteiger partial charge on any atom is 0.309 e. The molecule has 2 amide bonds. The Morgan fingerprint density at radius 3 is 2.64 bits per heavy atom. The van der Waals surface area contributed by atoms with Crippen LogP contribution < -0.4 is 20.3 Å². The summed E-state index contributed by atoms with van der Waals surface area (Å²) >= 11 is 0. The lowest BCUT2D eigenvalue weighted by Gasteiger charge is -2.30. The van der Waals surface area contributed by atoms with Gasteiger partial charge in [-0.3, -0.25) is 9.59 Å². The fourth-order valence-electron chi connectivity index (χ4n) is 3.24. The quantitative estimate of drug-likeness (QED) is 0.565. The van der Waals surface area contributed by atoms with Gasteiger partial charge < -0.3 is 29.4 Å². The number of ether oxygens (including phenoxy) is 2. The minimum atomic E-state index is -0.669. The first-order chi connectivity index (χ1) is 13.7. The molecule has 3 rings (SSSR count). The molecule has 0 unspecified atom stereocenters. The van der Waals surface area contributed by atoms with Crippen molar-refractivity contribution < 1.29 is 28.4 Å². The number of carbonyl (C=O) groups excluding carboxylic acids is 2. The molecule has 0 radical (unpaired) electrons. The highest BCUT2D eigenvalue weighted by atomic mass is 16.5. The van der Waals surface area contributed by atoms with Gasteiger partial charge in [0.1, 0.15) is 18.8 Å². The summed E-state index contributed by atoms with van der Waals surface area (Å²) in [5.74, 6) is 0.157. The van der Waals surface area contributed by atoms with Gasteiger partial charge in [0.25, 0.3) is 0 Å². The summed E-state index contributed by atoms with van der Waals surface area (Å²) in [5, 5.41) is 5.36. The largest absolute Gasteiger partial charge is 0.497 e. The van der Waals surface area contributed by atoms with Crippen molar-refractivity contribution in [2.45, 2.75) is 12.6 Å². The van der Waals surface area contributed by atoms with E-state index in [1.165, 1.54) is 4.90 Å². The Morgan fingerprint density at radius 1 is 1.14 bits per heavy atom. The smallest absolute Gasteiger partial charge is 0.309 e. The number of morpholine rings is 1. The highest BCUT2D eigenvalue weighted by Crippen LogP contribution is 2.12. The third-order valence-corrected chi connectivity index (χ3v) is 4.77. The molecule has 0 saturated carbocycles. The van der Waals surface area contributed by atoms with Gasteiger partial charge in [0.05, 0.1) is 33.1 Å². The average molecular weight is 388 g/mol. The Kier molecular flexibility index (Phi) is 7.05. The maximum atomic E-state index is 12.2. The fraction of sp³-hybridized carbons (Fsp3) is 0.400. The first kappa shape index (κ1) is 19.9. The number of nitrogens with one attached hydrogen (secondary N) is 3. The molecule has 150 valence electrons. The lowest BCUT2D eigenvalue weighted by molar-refractivity contribution is -0.938. The van der Waals surface area contributed by atoms with Gasteiger partial charge in [-0.15, -0.1) is 0 Å². The number of methoxy groups -OCH3 is 1. The molecular weight excluding hydrogens is 362 g/mol. The molecule has 28 heavy (non-hydrogen) atoms. The minimum Gasteiger partial charge on any atom is -0.497 e. The van der Waals surface area contributed by atoms with Crippen LogP contribution in [0.25, 0.3) is 0 Å². The predicted molar refractivity (Wildman–Crippen MR) is 101 cm³/mol. The van der Waals surface area contributed by atoms with Gasteiger partial charge >= 0.3 is 11.8 Å². The van der Waals surface area contributed by atoms with Gasteiger partial charge in [0.2, 0.25) is 0 Å². The summed E-state index contributed by atoms with van der Waals surface area (Å²) in [7, 11) is 1.58. The van der Waals surface area contributed by atoms with Crippen molar-refractivity contribution in [3.8, 4) is 5.75 Å². The SMILES string of the molecule is COc1cccc(CNC(=O)C(=O)NC[C@H](c2ccco2)[NH+]2CCOCC2)c1. The van der Waals surface area contributed by atoms with Crippen LogP contribution in [-0.2, 0) is 20.9 Å². The van der Waals surface area contributed by atoms with Crippen molar-refractivity contribution in [1.82, 2.24) is 10.6 Å². The van der Waals surface area contributed by atoms with Crippen molar-refractivity contribution in [3.05, 3.63) is 54.0 Å². The summed E-state index contributed by atoms with van der Waals surface area (Å²) in [6.45, 7) is 3.55. The van der Waals surface area contributed by atoms with Crippen molar-refractivity contribution >= 4 is 11.8 Å². The summed E-state index contributed by atoms with van der Waals surface area (Å²) in [6.07, 6.45) is 1.62. The minimum absolute atomic E-state index is 0.0611. The third-order valence-electron chi connectivity index (χ3n) is 4.77. The Balaban J connectivity index is 1.52. The lowest BCUT2D eigenvalue weighted by atomic mass is 10.1. The van der Waals surface area contributed by atoms with Crippen LogP contribution in [0, 0.1) is 0 Å². The molecule has 0 bridgehead atoms. The normalized spacial score (nSPS) is 15.6. The van der Waals surface area contributed by atoms with Gasteiger partial charge in [-0.05, 0) is 29.8 Å². The lowest BCUT2D eigenvalue weighted by Crippen LogP contribution is -3.15. The Bertz CT molecular complexity index is 772. The van der Waals surface area contributed by atoms with Gasteiger partial charge in [0, 0.05) is 6.54 Å². The third kappa shape index (κ3) is 5.34. The van der Waals surface area contributed by atoms with Crippen LogP contribution in [0.15, 0.2) is 47.1 Å². The van der Waals surface area contributed by atoms with Crippen LogP contribution in [0.5, 0.6) is 5.75 Å². The average Bonchev–Trinajstić information content (AvgIpc) is 3.27. The number of amides is 2. The molecule has 2 heterocycles. The van der Waals surface area contributed by atoms with Crippen LogP contribution in [-0.4, -0.2) is 51.8 Å². The molecule has 0 aliphatic carbocycles. The van der Waals surface area contributed by atoms with E-state index >= 15 is 0 Å². The molecule has 2 aromatic rings. The molecule has 1 fully saturated rings. The zero-order valence-corrected chi connectivity index (χ0v) is 15.9. The van der Waals surface area contributed by atoms with E-state index < -0.39 is 11.8 Å². The van der Waals surface area contributed by atoms with E-state index in [0.717, 1.165) is 24.4 Å². The van der Waals surface area contributed by atoms with E-state index in [9.17, 15) is 9.59 Å². The van der Waals surface area contributed by atoms with Crippen molar-refractivity contribution in [1.29, 1.82) is 0 Å². The molecule has 1 aromatic carbocycles. The first-order valence-corrected chi connectivity index (χ1v) is 9.32. The molecule has 1 aliphatic heterocycles. The van der Waals surface area contributed by atoms with Crippen LogP contribution in [0.4, 0.5) is 0 Å². The van der Waals surface area contributed by atoms with Crippen molar-refractivity contribution in [2.75, 3.05) is 40.0 Å². The number of hydrogen-bond acceptors (Lipinski definition) is 5. The molecule has 8 heteroatoms. The molecule has 1 aliphatic rings. The second-order valence-electron chi connectivity index (χ2n) is 6.58. The summed E-state index contributed by atoms with van der Waals surface area (Å²) < 4.78 is 16.1. The number of benzene rings is 1. The van der Waals surface area contributed by atoms with E-state index in [1.54, 1.807) is 13.4 Å². The van der Waals surface area contributed by atoms with Gasteiger partial charge in [0.15, 0.2) is 11.8 Å². The second-order valence-corrected chi connectivity index (χ2v) is 6.58. The zero-order valence-electron chi connectivity index (χ0n) is 15.9. The molecule has 1 atom stereocenters. The van der Waals surface area contributed by atoms with Gasteiger partial charge in [-0.25, -0.2) is 0 Å².